The summed E-state index contributed by atoms with van der Waals surface area (Å²) in [7, 11) is 0. The molecule has 0 aromatic carbocycles. The number of anilines is 1. The number of aliphatic carboxylic acids is 1. The number of carbonyl (C=O) groups is 1. The average Bonchev–Trinajstić information content (AvgIpc) is 2.51. The van der Waals surface area contributed by atoms with Gasteiger partial charge in [-0.25, -0.2) is 4.98 Å². The zero-order valence-electron chi connectivity index (χ0n) is 11.7. The second-order valence-electron chi connectivity index (χ2n) is 5.84. The second-order valence-corrected chi connectivity index (χ2v) is 7.04. The standard InChI is InChI=1S/C13H22N2O2S/c1-8-9(2)18-12(15-8)14-7-10(11(16)17)6-13(3,4)5/h10H,6-7H2,1-5H3,(H,14,15)(H,16,17). The van der Waals surface area contributed by atoms with Crippen LogP contribution in [0.5, 0.6) is 0 Å². The Bertz CT molecular complexity index is 402. The maximum Gasteiger partial charge on any atom is 0.308 e. The molecule has 4 nitrogen and oxygen atoms in total. The lowest BCUT2D eigenvalue weighted by atomic mass is 9.84. The van der Waals surface area contributed by atoms with Crippen LogP contribution in [0.2, 0.25) is 0 Å². The SMILES string of the molecule is Cc1nc(NCC(CC(C)(C)C)C(=O)O)sc1C. The van der Waals surface area contributed by atoms with Crippen LogP contribution in [-0.4, -0.2) is 22.6 Å². The second kappa shape index (κ2) is 5.69. The maximum atomic E-state index is 11.2. The molecule has 102 valence electrons. The summed E-state index contributed by atoms with van der Waals surface area (Å²) < 4.78 is 0. The molecule has 0 aliphatic rings. The van der Waals surface area contributed by atoms with E-state index < -0.39 is 5.97 Å². The van der Waals surface area contributed by atoms with Crippen molar-refractivity contribution >= 4 is 22.4 Å². The molecule has 5 heteroatoms. The van der Waals surface area contributed by atoms with Gasteiger partial charge in [0.2, 0.25) is 0 Å². The van der Waals surface area contributed by atoms with Gasteiger partial charge in [-0.1, -0.05) is 20.8 Å². The van der Waals surface area contributed by atoms with Gasteiger partial charge in [0.05, 0.1) is 11.6 Å². The summed E-state index contributed by atoms with van der Waals surface area (Å²) >= 11 is 1.57. The molecule has 1 heterocycles. The number of carboxylic acid groups (broad SMARTS) is 1. The van der Waals surface area contributed by atoms with Crippen LogP contribution in [0.1, 0.15) is 37.8 Å². The van der Waals surface area contributed by atoms with Gasteiger partial charge < -0.3 is 10.4 Å². The predicted molar refractivity (Wildman–Crippen MR) is 75.3 cm³/mol. The molecule has 1 aromatic rings. The van der Waals surface area contributed by atoms with Gasteiger partial charge in [-0.2, -0.15) is 0 Å². The minimum Gasteiger partial charge on any atom is -0.481 e. The molecule has 0 radical (unpaired) electrons. The number of hydrogen-bond donors (Lipinski definition) is 2. The van der Waals surface area contributed by atoms with E-state index in [1.807, 2.05) is 13.8 Å². The molecule has 0 amide bonds. The summed E-state index contributed by atoms with van der Waals surface area (Å²) in [6, 6.07) is 0. The maximum absolute atomic E-state index is 11.2. The Morgan fingerprint density at radius 2 is 2.06 bits per heavy atom. The van der Waals surface area contributed by atoms with Gasteiger partial charge in [-0.15, -0.1) is 11.3 Å². The van der Waals surface area contributed by atoms with Crippen LogP contribution in [-0.2, 0) is 4.79 Å². The molecule has 0 bridgehead atoms. The molecule has 0 aliphatic carbocycles. The van der Waals surface area contributed by atoms with Crippen molar-refractivity contribution in [3.63, 3.8) is 0 Å². The Labute approximate surface area is 112 Å². The van der Waals surface area contributed by atoms with E-state index in [-0.39, 0.29) is 11.3 Å². The van der Waals surface area contributed by atoms with Crippen LogP contribution in [0.15, 0.2) is 0 Å². The van der Waals surface area contributed by atoms with Gasteiger partial charge in [0.1, 0.15) is 0 Å². The molecule has 0 fully saturated rings. The third kappa shape index (κ3) is 4.64. The van der Waals surface area contributed by atoms with Crippen molar-refractivity contribution in [3.05, 3.63) is 10.6 Å². The molecule has 0 saturated carbocycles. The van der Waals surface area contributed by atoms with Gasteiger partial charge in [0.15, 0.2) is 5.13 Å². The number of carboxylic acids is 1. The lowest BCUT2D eigenvalue weighted by Gasteiger charge is -2.23. The molecule has 0 saturated heterocycles. The highest BCUT2D eigenvalue weighted by molar-refractivity contribution is 7.15. The van der Waals surface area contributed by atoms with Gasteiger partial charge >= 0.3 is 5.97 Å². The van der Waals surface area contributed by atoms with Crippen molar-refractivity contribution < 1.29 is 9.90 Å². The van der Waals surface area contributed by atoms with Crippen LogP contribution < -0.4 is 5.32 Å². The van der Waals surface area contributed by atoms with Gasteiger partial charge in [-0.3, -0.25) is 4.79 Å². The monoisotopic (exact) mass is 270 g/mol. The first kappa shape index (κ1) is 15.0. The first-order valence-corrected chi connectivity index (χ1v) is 6.91. The Morgan fingerprint density at radius 1 is 1.44 bits per heavy atom. The van der Waals surface area contributed by atoms with Gasteiger partial charge in [0, 0.05) is 11.4 Å². The van der Waals surface area contributed by atoms with E-state index >= 15 is 0 Å². The Balaban J connectivity index is 2.60. The van der Waals surface area contributed by atoms with Gasteiger partial charge in [-0.05, 0) is 25.7 Å². The molecule has 1 rings (SSSR count). The largest absolute Gasteiger partial charge is 0.481 e. The lowest BCUT2D eigenvalue weighted by Crippen LogP contribution is -2.27. The number of hydrogen-bond acceptors (Lipinski definition) is 4. The molecular weight excluding hydrogens is 248 g/mol. The van der Waals surface area contributed by atoms with Crippen molar-refractivity contribution in [1.82, 2.24) is 4.98 Å². The number of nitrogens with one attached hydrogen (secondary N) is 1. The van der Waals surface area contributed by atoms with Crippen molar-refractivity contribution in [1.29, 1.82) is 0 Å². The predicted octanol–water partition coefficient (Wildman–Crippen LogP) is 3.31. The zero-order chi connectivity index (χ0) is 13.9. The van der Waals surface area contributed by atoms with Gasteiger partial charge in [0.25, 0.3) is 0 Å². The average molecular weight is 270 g/mol. The van der Waals surface area contributed by atoms with Crippen molar-refractivity contribution in [3.8, 4) is 0 Å². The van der Waals surface area contributed by atoms with E-state index in [2.05, 4.69) is 31.1 Å². The van der Waals surface area contributed by atoms with E-state index in [0.29, 0.717) is 13.0 Å². The van der Waals surface area contributed by atoms with E-state index in [0.717, 1.165) is 10.8 Å². The van der Waals surface area contributed by atoms with Crippen LogP contribution in [0.3, 0.4) is 0 Å². The third-order valence-corrected chi connectivity index (χ3v) is 3.77. The fraction of sp³-hybridized carbons (Fsp3) is 0.692. The molecular formula is C13H22N2O2S. The minimum absolute atomic E-state index is 0.0133. The third-order valence-electron chi connectivity index (χ3n) is 2.74. The van der Waals surface area contributed by atoms with Crippen molar-refractivity contribution in [2.24, 2.45) is 11.3 Å². The van der Waals surface area contributed by atoms with Crippen molar-refractivity contribution in [2.75, 3.05) is 11.9 Å². The smallest absolute Gasteiger partial charge is 0.308 e. The molecule has 18 heavy (non-hydrogen) atoms. The normalized spacial score (nSPS) is 13.4. The minimum atomic E-state index is -0.748. The van der Waals surface area contributed by atoms with E-state index in [1.165, 1.54) is 4.88 Å². The van der Waals surface area contributed by atoms with E-state index in [9.17, 15) is 9.90 Å². The quantitative estimate of drug-likeness (QED) is 0.861. The van der Waals surface area contributed by atoms with Crippen LogP contribution >= 0.6 is 11.3 Å². The Hall–Kier alpha value is -1.10. The fourth-order valence-corrected chi connectivity index (χ4v) is 2.57. The summed E-state index contributed by atoms with van der Waals surface area (Å²) in [6.07, 6.45) is 0.651. The number of thiazole rings is 1. The number of aromatic nitrogens is 1. The number of rotatable bonds is 5. The molecule has 0 spiro atoms. The summed E-state index contributed by atoms with van der Waals surface area (Å²) in [5.41, 5.74) is 1.02. The first-order chi connectivity index (χ1) is 8.19. The molecule has 0 aliphatic heterocycles. The molecule has 2 N–H and O–H groups in total. The van der Waals surface area contributed by atoms with Crippen LogP contribution in [0.4, 0.5) is 5.13 Å². The highest BCUT2D eigenvalue weighted by Crippen LogP contribution is 2.26. The first-order valence-electron chi connectivity index (χ1n) is 6.10. The van der Waals surface area contributed by atoms with Crippen molar-refractivity contribution in [2.45, 2.75) is 41.0 Å². The number of aryl methyl sites for hydroxylation is 2. The van der Waals surface area contributed by atoms with Crippen LogP contribution in [0, 0.1) is 25.2 Å². The topological polar surface area (TPSA) is 62.2 Å². The zero-order valence-corrected chi connectivity index (χ0v) is 12.5. The lowest BCUT2D eigenvalue weighted by molar-refractivity contribution is -0.142. The Kier molecular flexibility index (Phi) is 4.73. The summed E-state index contributed by atoms with van der Waals surface area (Å²) in [5, 5.41) is 13.2. The summed E-state index contributed by atoms with van der Waals surface area (Å²) in [4.78, 5) is 16.7. The van der Waals surface area contributed by atoms with Crippen LogP contribution in [0.25, 0.3) is 0 Å². The summed E-state index contributed by atoms with van der Waals surface area (Å²) in [5.74, 6) is -1.13. The van der Waals surface area contributed by atoms with E-state index in [1.54, 1.807) is 11.3 Å². The highest BCUT2D eigenvalue weighted by Gasteiger charge is 2.24. The molecule has 1 aromatic heterocycles. The number of nitrogens with zero attached hydrogens (tertiary/aromatic N) is 1. The highest BCUT2D eigenvalue weighted by atomic mass is 32.1. The Morgan fingerprint density at radius 3 is 2.44 bits per heavy atom. The van der Waals surface area contributed by atoms with E-state index in [4.69, 9.17) is 0 Å². The fourth-order valence-electron chi connectivity index (χ4n) is 1.74. The summed E-state index contributed by atoms with van der Waals surface area (Å²) in [6.45, 7) is 10.6. The molecule has 1 unspecified atom stereocenters. The molecule has 1 atom stereocenters.